The lowest BCUT2D eigenvalue weighted by atomic mass is 10.1. The number of urea groups is 1. The molecule has 0 spiro atoms. The van der Waals surface area contributed by atoms with E-state index in [1.165, 1.54) is 19.2 Å². The number of hydrogen-bond acceptors (Lipinski definition) is 9. The van der Waals surface area contributed by atoms with Crippen molar-refractivity contribution >= 4 is 29.3 Å². The number of benzene rings is 1. The normalized spacial score (nSPS) is 13.8. The molecule has 0 radical (unpaired) electrons. The van der Waals surface area contributed by atoms with Crippen LogP contribution in [0.1, 0.15) is 18.1 Å². The van der Waals surface area contributed by atoms with Gasteiger partial charge in [-0.1, -0.05) is 6.92 Å². The molecule has 0 bridgehead atoms. The largest absolute Gasteiger partial charge is 0.475 e. The van der Waals surface area contributed by atoms with E-state index in [0.717, 1.165) is 22.1 Å². The van der Waals surface area contributed by atoms with Crippen molar-refractivity contribution in [3.63, 3.8) is 0 Å². The first-order valence-electron chi connectivity index (χ1n) is 11.3. The molecule has 38 heavy (non-hydrogen) atoms. The molecule has 0 aliphatic carbocycles. The van der Waals surface area contributed by atoms with Gasteiger partial charge in [-0.15, -0.1) is 0 Å². The summed E-state index contributed by atoms with van der Waals surface area (Å²) in [6.07, 6.45) is -2.44. The highest BCUT2D eigenvalue weighted by Gasteiger charge is 2.39. The second-order valence-corrected chi connectivity index (χ2v) is 8.02. The summed E-state index contributed by atoms with van der Waals surface area (Å²) in [5.41, 5.74) is 5.45. The molecule has 0 atom stereocenters. The molecule has 1 saturated heterocycles. The van der Waals surface area contributed by atoms with Gasteiger partial charge in [0.25, 0.3) is 5.91 Å². The molecule has 1 aliphatic rings. The van der Waals surface area contributed by atoms with Gasteiger partial charge in [-0.2, -0.15) is 23.1 Å². The Balaban J connectivity index is 1.56. The van der Waals surface area contributed by atoms with Crippen LogP contribution in [0, 0.1) is 0 Å². The number of imide groups is 1. The monoisotopic (exact) mass is 532 g/mol. The molecule has 4 rings (SSSR count). The molecule has 1 fully saturated rings. The van der Waals surface area contributed by atoms with Gasteiger partial charge in [-0.05, 0) is 36.2 Å². The third-order valence-electron chi connectivity index (χ3n) is 5.46. The van der Waals surface area contributed by atoms with Gasteiger partial charge in [0.15, 0.2) is 0 Å². The average molecular weight is 532 g/mol. The minimum absolute atomic E-state index is 0.0676. The molecule has 0 unspecified atom stereocenters. The maximum atomic E-state index is 13.1. The van der Waals surface area contributed by atoms with Crippen LogP contribution in [-0.2, 0) is 22.1 Å². The van der Waals surface area contributed by atoms with Crippen molar-refractivity contribution in [2.24, 2.45) is 0 Å². The van der Waals surface area contributed by atoms with Gasteiger partial charge < -0.3 is 19.9 Å². The van der Waals surface area contributed by atoms with Crippen molar-refractivity contribution in [3.05, 3.63) is 53.9 Å². The number of nitrogen functional groups attached to an aromatic ring is 1. The van der Waals surface area contributed by atoms with Crippen LogP contribution in [0.2, 0.25) is 0 Å². The number of rotatable bonds is 9. The highest BCUT2D eigenvalue weighted by Crippen LogP contribution is 2.35. The number of amides is 3. The Labute approximate surface area is 215 Å². The van der Waals surface area contributed by atoms with E-state index in [4.69, 9.17) is 19.9 Å². The van der Waals surface area contributed by atoms with Crippen LogP contribution in [0.5, 0.6) is 17.5 Å². The van der Waals surface area contributed by atoms with Crippen molar-refractivity contribution in [2.75, 3.05) is 42.4 Å². The number of pyridine rings is 1. The van der Waals surface area contributed by atoms with Crippen LogP contribution >= 0.6 is 0 Å². The second kappa shape index (κ2) is 10.9. The number of alkyl halides is 3. The molecule has 3 amide bonds. The number of methoxy groups -OCH3 is 1. The summed E-state index contributed by atoms with van der Waals surface area (Å²) in [4.78, 5) is 39.3. The first-order valence-corrected chi connectivity index (χ1v) is 11.3. The molecule has 1 aromatic carbocycles. The number of carbonyl (C=O) groups is 2. The Hall–Kier alpha value is -4.46. The van der Waals surface area contributed by atoms with Gasteiger partial charge >= 0.3 is 12.2 Å². The summed E-state index contributed by atoms with van der Waals surface area (Å²) in [5.74, 6) is 0.0161. The lowest BCUT2D eigenvalue weighted by molar-refractivity contribution is -0.137. The lowest BCUT2D eigenvalue weighted by Crippen LogP contribution is -2.33. The SMILES string of the molecule is CCc1cc(N2C(=O)CN(c3cncc(C(F)(F)F)c3)C2=O)ccc1Oc1cc(OCCOC)nc(N)n1. The topological polar surface area (TPSA) is 133 Å². The number of anilines is 3. The molecule has 14 heteroatoms. The third-order valence-corrected chi connectivity index (χ3v) is 5.46. The summed E-state index contributed by atoms with van der Waals surface area (Å²) < 4.78 is 55.6. The van der Waals surface area contributed by atoms with Crippen LogP contribution in [0.3, 0.4) is 0 Å². The number of aromatic nitrogens is 3. The van der Waals surface area contributed by atoms with Crippen LogP contribution < -0.4 is 25.0 Å². The van der Waals surface area contributed by atoms with Gasteiger partial charge in [0.1, 0.15) is 18.9 Å². The minimum Gasteiger partial charge on any atom is -0.475 e. The fraction of sp³-hybridized carbons (Fsp3) is 0.292. The molecule has 2 N–H and O–H groups in total. The van der Waals surface area contributed by atoms with Crippen molar-refractivity contribution < 1.29 is 37.0 Å². The number of aryl methyl sites for hydroxylation is 1. The van der Waals surface area contributed by atoms with E-state index in [2.05, 4.69) is 15.0 Å². The standard InChI is InChI=1S/C24H23F3N6O5/c1-3-14-8-16(4-5-18(14)38-20-10-19(30-22(28)31-20)37-7-6-36-2)33-21(34)13-32(23(33)35)17-9-15(11-29-12-17)24(25,26)27/h4-5,8-12H,3,6-7,13H2,1-2H3,(H2,28,30,31). The number of halogens is 3. The second-order valence-electron chi connectivity index (χ2n) is 8.02. The number of nitrogens with two attached hydrogens (primary N) is 1. The summed E-state index contributed by atoms with van der Waals surface area (Å²) in [6.45, 7) is 1.99. The summed E-state index contributed by atoms with van der Waals surface area (Å²) in [6, 6.07) is 6.05. The third kappa shape index (κ3) is 5.75. The number of hydrogen-bond donors (Lipinski definition) is 1. The van der Waals surface area contributed by atoms with Crippen LogP contribution in [0.25, 0.3) is 0 Å². The molecule has 2 aromatic heterocycles. The summed E-state index contributed by atoms with van der Waals surface area (Å²) >= 11 is 0. The van der Waals surface area contributed by atoms with E-state index in [1.807, 2.05) is 6.92 Å². The zero-order valence-corrected chi connectivity index (χ0v) is 20.4. The van der Waals surface area contributed by atoms with Crippen LogP contribution in [0.15, 0.2) is 42.7 Å². The fourth-order valence-electron chi connectivity index (χ4n) is 3.66. The zero-order valence-electron chi connectivity index (χ0n) is 20.4. The molecule has 3 aromatic rings. The minimum atomic E-state index is -4.65. The smallest absolute Gasteiger partial charge is 0.417 e. The molecular formula is C24H23F3N6O5. The Morgan fingerprint density at radius 1 is 1.03 bits per heavy atom. The number of nitrogens with zero attached hydrogens (tertiary/aromatic N) is 5. The van der Waals surface area contributed by atoms with Crippen molar-refractivity contribution in [1.82, 2.24) is 15.0 Å². The van der Waals surface area contributed by atoms with Crippen molar-refractivity contribution in [2.45, 2.75) is 19.5 Å². The Kier molecular flexibility index (Phi) is 7.62. The van der Waals surface area contributed by atoms with E-state index in [-0.39, 0.29) is 35.7 Å². The predicted octanol–water partition coefficient (Wildman–Crippen LogP) is 3.83. The van der Waals surface area contributed by atoms with E-state index in [0.29, 0.717) is 30.5 Å². The van der Waals surface area contributed by atoms with Crippen LogP contribution in [0.4, 0.5) is 35.3 Å². The average Bonchev–Trinajstić information content (AvgIpc) is 3.17. The lowest BCUT2D eigenvalue weighted by Gasteiger charge is -2.19. The highest BCUT2D eigenvalue weighted by atomic mass is 19.4. The molecular weight excluding hydrogens is 509 g/mol. The van der Waals surface area contributed by atoms with Gasteiger partial charge in [0.2, 0.25) is 17.7 Å². The van der Waals surface area contributed by atoms with Gasteiger partial charge in [0, 0.05) is 13.3 Å². The van der Waals surface area contributed by atoms with E-state index < -0.39 is 30.2 Å². The zero-order chi connectivity index (χ0) is 27.4. The Morgan fingerprint density at radius 3 is 2.50 bits per heavy atom. The first kappa shape index (κ1) is 26.6. The molecule has 0 saturated carbocycles. The first-order chi connectivity index (χ1) is 18.1. The van der Waals surface area contributed by atoms with Gasteiger partial charge in [-0.3, -0.25) is 14.7 Å². The predicted molar refractivity (Wildman–Crippen MR) is 129 cm³/mol. The number of carbonyl (C=O) groups excluding carboxylic acids is 2. The molecule has 3 heterocycles. The Bertz CT molecular complexity index is 1350. The van der Waals surface area contributed by atoms with Crippen molar-refractivity contribution in [1.29, 1.82) is 0 Å². The summed E-state index contributed by atoms with van der Waals surface area (Å²) in [5, 5.41) is 0. The molecule has 1 aliphatic heterocycles. The molecule has 11 nitrogen and oxygen atoms in total. The van der Waals surface area contributed by atoms with Gasteiger partial charge in [-0.25, -0.2) is 9.69 Å². The fourth-order valence-corrected chi connectivity index (χ4v) is 3.66. The Morgan fingerprint density at radius 2 is 1.79 bits per heavy atom. The maximum Gasteiger partial charge on any atom is 0.417 e. The van der Waals surface area contributed by atoms with Crippen molar-refractivity contribution in [3.8, 4) is 17.5 Å². The number of ether oxygens (including phenoxy) is 3. The molecule has 200 valence electrons. The van der Waals surface area contributed by atoms with E-state index in [1.54, 1.807) is 12.1 Å². The summed E-state index contributed by atoms with van der Waals surface area (Å²) in [7, 11) is 1.53. The van der Waals surface area contributed by atoms with E-state index >= 15 is 0 Å². The quantitative estimate of drug-likeness (QED) is 0.322. The van der Waals surface area contributed by atoms with Gasteiger partial charge in [0.05, 0.1) is 35.8 Å². The van der Waals surface area contributed by atoms with E-state index in [9.17, 15) is 22.8 Å². The highest BCUT2D eigenvalue weighted by molar-refractivity contribution is 6.27. The maximum absolute atomic E-state index is 13.1. The van der Waals surface area contributed by atoms with Crippen LogP contribution in [-0.4, -0.2) is 53.8 Å².